The standard InChI is InChI=1S/C25H19Cl2N3O6S.Na/c1-13-18(26)11-15(37(33,34)35)12-20(13)29-30-23-16-7-4-3-6-14(16)10-17(24(23)31)25(32)28-19-8-5-9-21(36-2)22(19)27;/h3-12,31H,1-2H3,(H,28,32)(H,33,34,35);/q;+1/p-1. The predicted molar refractivity (Wildman–Crippen MR) is 140 cm³/mol. The van der Waals surface area contributed by atoms with Crippen LogP contribution in [0.2, 0.25) is 10.0 Å². The number of halogens is 2. The first-order chi connectivity index (χ1) is 17.5. The number of nitrogens with zero attached hydrogens (tertiary/aromatic N) is 2. The van der Waals surface area contributed by atoms with Gasteiger partial charge in [0.25, 0.3) is 16.0 Å². The molecule has 0 atom stereocenters. The summed E-state index contributed by atoms with van der Waals surface area (Å²) in [5.74, 6) is -1.10. The fraction of sp³-hybridized carbons (Fsp3) is 0.0800. The number of anilines is 1. The van der Waals surface area contributed by atoms with Gasteiger partial charge in [0.2, 0.25) is 0 Å². The predicted octanol–water partition coefficient (Wildman–Crippen LogP) is 3.46. The number of azo groups is 1. The van der Waals surface area contributed by atoms with Crippen LogP contribution < -0.4 is 44.7 Å². The summed E-state index contributed by atoms with van der Waals surface area (Å²) in [6.07, 6.45) is 0. The smallest absolute Gasteiger partial charge is 0.870 e. The zero-order chi connectivity index (χ0) is 26.9. The number of hydrogen-bond donors (Lipinski definition) is 2. The minimum atomic E-state index is -4.57. The Morgan fingerprint density at radius 2 is 1.76 bits per heavy atom. The van der Waals surface area contributed by atoms with E-state index >= 15 is 0 Å². The van der Waals surface area contributed by atoms with Crippen LogP contribution in [0.5, 0.6) is 11.5 Å². The molecule has 0 heterocycles. The first kappa shape index (κ1) is 29.9. The summed E-state index contributed by atoms with van der Waals surface area (Å²) in [5.41, 5.74) is 0.271. The summed E-state index contributed by atoms with van der Waals surface area (Å²) in [4.78, 5) is 12.6. The molecule has 1 amide bonds. The zero-order valence-electron chi connectivity index (χ0n) is 20.3. The second-order valence-corrected chi connectivity index (χ2v) is 10.0. The second-order valence-electron chi connectivity index (χ2n) is 7.82. The first-order valence-electron chi connectivity index (χ1n) is 10.6. The molecule has 0 saturated carbocycles. The maximum absolute atomic E-state index is 13.4. The number of nitrogens with one attached hydrogen (secondary N) is 1. The Kier molecular flexibility index (Phi) is 9.43. The summed E-state index contributed by atoms with van der Waals surface area (Å²) in [6.45, 7) is 1.57. The fourth-order valence-electron chi connectivity index (χ4n) is 3.53. The summed E-state index contributed by atoms with van der Waals surface area (Å²) >= 11 is 12.4. The molecule has 0 aliphatic rings. The van der Waals surface area contributed by atoms with Crippen molar-refractivity contribution in [2.24, 2.45) is 10.2 Å². The van der Waals surface area contributed by atoms with Crippen molar-refractivity contribution < 1.29 is 57.2 Å². The molecule has 0 aliphatic carbocycles. The largest absolute Gasteiger partial charge is 1.00 e. The number of methoxy groups -OCH3 is 1. The number of ether oxygens (including phenoxy) is 1. The van der Waals surface area contributed by atoms with Gasteiger partial charge in [0, 0.05) is 16.0 Å². The number of carbonyl (C=O) groups excluding carboxylic acids is 1. The number of amides is 1. The third kappa shape index (κ3) is 6.13. The van der Waals surface area contributed by atoms with Crippen LogP contribution in [0.15, 0.2) is 75.8 Å². The number of hydrogen-bond acceptors (Lipinski definition) is 7. The van der Waals surface area contributed by atoms with Gasteiger partial charge in [0.1, 0.15) is 10.8 Å². The molecule has 2 N–H and O–H groups in total. The van der Waals surface area contributed by atoms with Gasteiger partial charge in [0.05, 0.1) is 29.1 Å². The van der Waals surface area contributed by atoms with E-state index in [1.54, 1.807) is 49.4 Å². The maximum Gasteiger partial charge on any atom is 1.00 e. The van der Waals surface area contributed by atoms with Gasteiger partial charge in [-0.05, 0) is 48.2 Å². The quantitative estimate of drug-likeness (QED) is 0.203. The molecular weight excluding hydrogens is 564 g/mol. The van der Waals surface area contributed by atoms with Crippen molar-refractivity contribution in [1.82, 2.24) is 0 Å². The van der Waals surface area contributed by atoms with Gasteiger partial charge >= 0.3 is 29.6 Å². The molecule has 0 bridgehead atoms. The van der Waals surface area contributed by atoms with Crippen LogP contribution in [0.1, 0.15) is 15.9 Å². The van der Waals surface area contributed by atoms with Gasteiger partial charge < -0.3 is 15.2 Å². The maximum atomic E-state index is 13.4. The first-order valence-corrected chi connectivity index (χ1v) is 12.8. The third-order valence-electron chi connectivity index (χ3n) is 5.50. The van der Waals surface area contributed by atoms with Crippen molar-refractivity contribution in [3.05, 3.63) is 81.8 Å². The molecule has 4 rings (SSSR count). The van der Waals surface area contributed by atoms with Gasteiger partial charge in [-0.25, -0.2) is 0 Å². The van der Waals surface area contributed by atoms with E-state index in [0.717, 1.165) is 12.1 Å². The number of carbonyl (C=O) groups is 1. The van der Waals surface area contributed by atoms with Crippen LogP contribution in [0, 0.1) is 6.92 Å². The van der Waals surface area contributed by atoms with E-state index in [1.165, 1.54) is 13.2 Å². The number of fused-ring (bicyclic) bond motifs is 1. The molecule has 0 aromatic heterocycles. The minimum absolute atomic E-state index is 0. The molecule has 13 heteroatoms. The van der Waals surface area contributed by atoms with E-state index in [-0.39, 0.29) is 62.2 Å². The SMILES string of the molecule is COc1cccc(NC(=O)c2cc3ccccc3c(N=Nc3cc(S(=O)(=O)O)cc(Cl)c3C)c2[O-])c1Cl.[Na+]. The van der Waals surface area contributed by atoms with Crippen LogP contribution >= 0.6 is 23.2 Å². The van der Waals surface area contributed by atoms with Crippen LogP contribution in [0.4, 0.5) is 17.1 Å². The van der Waals surface area contributed by atoms with Gasteiger partial charge in [-0.15, -0.1) is 0 Å². The third-order valence-corrected chi connectivity index (χ3v) is 7.11. The van der Waals surface area contributed by atoms with Gasteiger partial charge in [-0.3, -0.25) is 9.35 Å². The molecule has 4 aromatic rings. The number of rotatable bonds is 6. The van der Waals surface area contributed by atoms with Crippen LogP contribution in [0.25, 0.3) is 10.8 Å². The monoisotopic (exact) mass is 581 g/mol. The molecule has 9 nitrogen and oxygen atoms in total. The molecule has 38 heavy (non-hydrogen) atoms. The molecule has 0 saturated heterocycles. The van der Waals surface area contributed by atoms with Gasteiger partial charge in [-0.2, -0.15) is 18.6 Å². The molecular formula is C25H18Cl2N3NaO6S. The Labute approximate surface area is 250 Å². The van der Waals surface area contributed by atoms with E-state index in [0.29, 0.717) is 22.1 Å². The Morgan fingerprint density at radius 1 is 1.05 bits per heavy atom. The summed E-state index contributed by atoms with van der Waals surface area (Å²) in [6, 6.07) is 15.2. The molecule has 4 aromatic carbocycles. The molecule has 0 spiro atoms. The van der Waals surface area contributed by atoms with Crippen LogP contribution in [-0.2, 0) is 10.1 Å². The van der Waals surface area contributed by atoms with Crippen molar-refractivity contribution in [1.29, 1.82) is 0 Å². The zero-order valence-corrected chi connectivity index (χ0v) is 24.6. The van der Waals surface area contributed by atoms with Gasteiger partial charge in [0.15, 0.2) is 0 Å². The average Bonchev–Trinajstić information content (AvgIpc) is 2.86. The van der Waals surface area contributed by atoms with Gasteiger partial charge in [-0.1, -0.05) is 59.3 Å². The van der Waals surface area contributed by atoms with E-state index < -0.39 is 26.7 Å². The van der Waals surface area contributed by atoms with Crippen molar-refractivity contribution in [2.45, 2.75) is 11.8 Å². The molecule has 0 unspecified atom stereocenters. The fourth-order valence-corrected chi connectivity index (χ4v) is 4.59. The van der Waals surface area contributed by atoms with E-state index in [1.807, 2.05) is 0 Å². The summed E-state index contributed by atoms with van der Waals surface area (Å²) in [5, 5.41) is 25.3. The molecule has 0 aliphatic heterocycles. The Balaban J connectivity index is 0.00000400. The van der Waals surface area contributed by atoms with Crippen molar-refractivity contribution in [2.75, 3.05) is 12.4 Å². The second kappa shape index (κ2) is 12.0. The number of benzene rings is 4. The van der Waals surface area contributed by atoms with Crippen LogP contribution in [0.3, 0.4) is 0 Å². The Morgan fingerprint density at radius 3 is 2.45 bits per heavy atom. The molecule has 0 fully saturated rings. The van der Waals surface area contributed by atoms with Crippen molar-refractivity contribution >= 4 is 67.1 Å². The van der Waals surface area contributed by atoms with E-state index in [4.69, 9.17) is 27.9 Å². The summed E-state index contributed by atoms with van der Waals surface area (Å²) in [7, 11) is -3.13. The summed E-state index contributed by atoms with van der Waals surface area (Å²) < 4.78 is 37.8. The Hall–Kier alpha value is -2.70. The molecule has 0 radical (unpaired) electrons. The topological polar surface area (TPSA) is 140 Å². The van der Waals surface area contributed by atoms with E-state index in [9.17, 15) is 22.9 Å². The van der Waals surface area contributed by atoms with Crippen LogP contribution in [-0.4, -0.2) is 26.0 Å². The average molecular weight is 582 g/mol. The molecule has 190 valence electrons. The van der Waals surface area contributed by atoms with Crippen molar-refractivity contribution in [3.63, 3.8) is 0 Å². The van der Waals surface area contributed by atoms with E-state index in [2.05, 4.69) is 15.5 Å². The Bertz CT molecular complexity index is 1700. The minimum Gasteiger partial charge on any atom is -0.870 e. The normalized spacial score (nSPS) is 11.4. The van der Waals surface area contributed by atoms with Crippen molar-refractivity contribution in [3.8, 4) is 11.5 Å².